The van der Waals surface area contributed by atoms with E-state index in [9.17, 15) is 19.7 Å². The number of aliphatic imine (C=N–C) groups is 1. The van der Waals surface area contributed by atoms with Crippen LogP contribution in [0.5, 0.6) is 5.75 Å². The van der Waals surface area contributed by atoms with E-state index in [-0.39, 0.29) is 18.2 Å². The second-order valence-electron chi connectivity index (χ2n) is 7.80. The maximum atomic E-state index is 12.9. The van der Waals surface area contributed by atoms with E-state index in [0.717, 1.165) is 10.0 Å². The number of methoxy groups -OCH3 is 1. The Labute approximate surface area is 225 Å². The van der Waals surface area contributed by atoms with E-state index in [1.54, 1.807) is 55.6 Å². The number of ether oxygens (including phenoxy) is 2. The molecule has 0 spiro atoms. The number of nitrogens with zero attached hydrogens (tertiary/aromatic N) is 3. The fourth-order valence-electron chi connectivity index (χ4n) is 3.33. The Morgan fingerprint density at radius 3 is 2.49 bits per heavy atom. The van der Waals surface area contributed by atoms with Gasteiger partial charge in [0.2, 0.25) is 0 Å². The lowest BCUT2D eigenvalue weighted by molar-refractivity contribution is -0.384. The number of esters is 1. The molecule has 1 aliphatic rings. The predicted octanol–water partition coefficient (Wildman–Crippen LogP) is 5.96. The average Bonchev–Trinajstić information content (AvgIpc) is 3.16. The summed E-state index contributed by atoms with van der Waals surface area (Å²) < 4.78 is 11.5. The van der Waals surface area contributed by atoms with Crippen molar-refractivity contribution in [3.8, 4) is 5.75 Å². The number of amides is 1. The molecule has 1 heterocycles. The second kappa shape index (κ2) is 11.4. The van der Waals surface area contributed by atoms with Gasteiger partial charge < -0.3 is 9.47 Å². The van der Waals surface area contributed by atoms with Crippen molar-refractivity contribution in [2.45, 2.75) is 6.61 Å². The first kappa shape index (κ1) is 26.1. The molecule has 0 aliphatic carbocycles. The molecular weight excluding hydrogens is 562 g/mol. The maximum Gasteiger partial charge on any atom is 0.337 e. The summed E-state index contributed by atoms with van der Waals surface area (Å²) in [5.74, 6) is -0.0993. The lowest BCUT2D eigenvalue weighted by Gasteiger charge is -2.10. The molecule has 3 aromatic rings. The van der Waals surface area contributed by atoms with Gasteiger partial charge in [0, 0.05) is 29.2 Å². The minimum Gasteiger partial charge on any atom is -0.488 e. The fraction of sp³-hybridized carbons (Fsp3) is 0.115. The lowest BCUT2D eigenvalue weighted by atomic mass is 10.1. The fourth-order valence-corrected chi connectivity index (χ4v) is 4.69. The number of benzene rings is 3. The number of non-ortho nitro benzene ring substituents is 1. The van der Waals surface area contributed by atoms with Gasteiger partial charge in [0.1, 0.15) is 12.4 Å². The lowest BCUT2D eigenvalue weighted by Crippen LogP contribution is -2.23. The first-order chi connectivity index (χ1) is 17.7. The normalized spacial score (nSPS) is 15.3. The summed E-state index contributed by atoms with van der Waals surface area (Å²) in [5, 5.41) is 11.4. The number of amidine groups is 1. The van der Waals surface area contributed by atoms with Gasteiger partial charge in [0.15, 0.2) is 5.17 Å². The number of carbonyl (C=O) groups excluding carboxylic acids is 2. The number of likely N-dealkylation sites (N-methyl/N-ethyl adjacent to an activating group) is 1. The van der Waals surface area contributed by atoms with Crippen LogP contribution in [0.15, 0.2) is 81.1 Å². The van der Waals surface area contributed by atoms with Gasteiger partial charge in [-0.25, -0.2) is 9.79 Å². The summed E-state index contributed by atoms with van der Waals surface area (Å²) in [6, 6.07) is 18.2. The number of rotatable bonds is 7. The third-order valence-corrected chi connectivity index (χ3v) is 6.87. The summed E-state index contributed by atoms with van der Waals surface area (Å²) in [4.78, 5) is 41.5. The van der Waals surface area contributed by atoms with Gasteiger partial charge in [-0.1, -0.05) is 15.9 Å². The Kier molecular flexibility index (Phi) is 8.04. The third kappa shape index (κ3) is 6.25. The molecule has 0 atom stereocenters. The van der Waals surface area contributed by atoms with Crippen LogP contribution < -0.4 is 4.74 Å². The summed E-state index contributed by atoms with van der Waals surface area (Å²) >= 11 is 4.69. The van der Waals surface area contributed by atoms with Crippen LogP contribution in [-0.4, -0.2) is 41.0 Å². The van der Waals surface area contributed by atoms with Crippen LogP contribution in [-0.2, 0) is 16.1 Å². The zero-order chi connectivity index (χ0) is 26.5. The SMILES string of the molecule is COC(=O)c1ccc(N=C2SC(=Cc3cc(Br)ccc3OCc3ccc([N+](=O)[O-])cc3)C(=O)N2C)cc1. The van der Waals surface area contributed by atoms with Crippen LogP contribution in [0.25, 0.3) is 6.08 Å². The van der Waals surface area contributed by atoms with Crippen molar-refractivity contribution in [3.05, 3.63) is 103 Å². The van der Waals surface area contributed by atoms with Gasteiger partial charge >= 0.3 is 5.97 Å². The minimum absolute atomic E-state index is 0.00980. The molecule has 1 aliphatic heterocycles. The molecule has 3 aromatic carbocycles. The Morgan fingerprint density at radius 2 is 1.84 bits per heavy atom. The van der Waals surface area contributed by atoms with E-state index >= 15 is 0 Å². The van der Waals surface area contributed by atoms with E-state index in [0.29, 0.717) is 32.6 Å². The Hall–Kier alpha value is -3.96. The monoisotopic (exact) mass is 581 g/mol. The number of hydrogen-bond donors (Lipinski definition) is 0. The number of carbonyl (C=O) groups is 2. The molecule has 0 aromatic heterocycles. The van der Waals surface area contributed by atoms with Gasteiger partial charge in [0.05, 0.1) is 28.2 Å². The van der Waals surface area contributed by atoms with E-state index < -0.39 is 10.9 Å². The molecule has 4 rings (SSSR count). The van der Waals surface area contributed by atoms with E-state index in [2.05, 4.69) is 20.9 Å². The average molecular weight is 582 g/mol. The van der Waals surface area contributed by atoms with Crippen molar-refractivity contribution in [3.63, 3.8) is 0 Å². The number of thioether (sulfide) groups is 1. The van der Waals surface area contributed by atoms with E-state index in [1.165, 1.54) is 35.9 Å². The Balaban J connectivity index is 1.54. The van der Waals surface area contributed by atoms with Gasteiger partial charge in [-0.2, -0.15) is 0 Å². The standard InChI is InChI=1S/C26H20BrN3O6S/c1-29-24(31)23(37-26(29)28-20-8-5-17(6-9-20)25(32)35-2)14-18-13-19(27)7-12-22(18)36-15-16-3-10-21(11-4-16)30(33)34/h3-14H,15H2,1-2H3. The largest absolute Gasteiger partial charge is 0.488 e. The van der Waals surface area contributed by atoms with Crippen LogP contribution >= 0.6 is 27.7 Å². The molecule has 0 N–H and O–H groups in total. The predicted molar refractivity (Wildman–Crippen MR) is 145 cm³/mol. The van der Waals surface area contributed by atoms with Crippen molar-refractivity contribution in [1.29, 1.82) is 0 Å². The zero-order valence-corrected chi connectivity index (χ0v) is 22.1. The van der Waals surface area contributed by atoms with Crippen LogP contribution in [0.2, 0.25) is 0 Å². The highest BCUT2D eigenvalue weighted by atomic mass is 79.9. The highest BCUT2D eigenvalue weighted by Gasteiger charge is 2.30. The van der Waals surface area contributed by atoms with Crippen LogP contribution in [0.4, 0.5) is 11.4 Å². The Morgan fingerprint density at radius 1 is 1.14 bits per heavy atom. The Bertz CT molecular complexity index is 1420. The first-order valence-corrected chi connectivity index (χ1v) is 12.5. The number of nitro benzene ring substituents is 1. The van der Waals surface area contributed by atoms with Crippen molar-refractivity contribution < 1.29 is 24.0 Å². The van der Waals surface area contributed by atoms with Crippen molar-refractivity contribution in [1.82, 2.24) is 4.90 Å². The molecule has 188 valence electrons. The van der Waals surface area contributed by atoms with E-state index in [1.807, 2.05) is 12.1 Å². The molecule has 1 amide bonds. The van der Waals surface area contributed by atoms with Crippen molar-refractivity contribution >= 4 is 62.2 Å². The topological polar surface area (TPSA) is 111 Å². The molecule has 0 bridgehead atoms. The summed E-state index contributed by atoms with van der Waals surface area (Å²) in [6.07, 6.45) is 1.74. The second-order valence-corrected chi connectivity index (χ2v) is 9.73. The molecule has 0 saturated carbocycles. The van der Waals surface area contributed by atoms with Crippen molar-refractivity contribution in [2.24, 2.45) is 4.99 Å². The molecule has 11 heteroatoms. The van der Waals surface area contributed by atoms with Gasteiger partial charge in [-0.3, -0.25) is 19.8 Å². The van der Waals surface area contributed by atoms with Crippen LogP contribution in [0.1, 0.15) is 21.5 Å². The van der Waals surface area contributed by atoms with Crippen molar-refractivity contribution in [2.75, 3.05) is 14.2 Å². The van der Waals surface area contributed by atoms with Crippen LogP contribution in [0.3, 0.4) is 0 Å². The molecule has 37 heavy (non-hydrogen) atoms. The van der Waals surface area contributed by atoms with Crippen LogP contribution in [0, 0.1) is 10.1 Å². The summed E-state index contributed by atoms with van der Waals surface area (Å²) in [5.41, 5.74) is 2.46. The number of nitro groups is 1. The third-order valence-electron chi connectivity index (χ3n) is 5.32. The van der Waals surface area contributed by atoms with E-state index in [4.69, 9.17) is 9.47 Å². The van der Waals surface area contributed by atoms with Gasteiger partial charge in [-0.05, 0) is 78.0 Å². The molecular formula is C26H20BrN3O6S. The van der Waals surface area contributed by atoms with Gasteiger partial charge in [0.25, 0.3) is 11.6 Å². The smallest absolute Gasteiger partial charge is 0.337 e. The maximum absolute atomic E-state index is 12.9. The highest BCUT2D eigenvalue weighted by Crippen LogP contribution is 2.35. The summed E-state index contributed by atoms with van der Waals surface area (Å²) in [7, 11) is 2.96. The molecule has 0 unspecified atom stereocenters. The molecule has 9 nitrogen and oxygen atoms in total. The first-order valence-electron chi connectivity index (χ1n) is 10.9. The van der Waals surface area contributed by atoms with Gasteiger partial charge in [-0.15, -0.1) is 0 Å². The molecule has 1 fully saturated rings. The molecule has 1 saturated heterocycles. The number of halogens is 1. The quantitative estimate of drug-likeness (QED) is 0.146. The zero-order valence-electron chi connectivity index (χ0n) is 19.7. The minimum atomic E-state index is -0.452. The highest BCUT2D eigenvalue weighted by molar-refractivity contribution is 9.10. The summed E-state index contributed by atoms with van der Waals surface area (Å²) in [6.45, 7) is 0.199. The molecule has 0 radical (unpaired) electrons. The number of hydrogen-bond acceptors (Lipinski definition) is 8.